The van der Waals surface area contributed by atoms with E-state index in [1.165, 1.54) is 0 Å². The smallest absolute Gasteiger partial charge is 0.337 e. The van der Waals surface area contributed by atoms with Gasteiger partial charge in [-0.1, -0.05) is 5.11 Å². The molecule has 0 aliphatic heterocycles. The van der Waals surface area contributed by atoms with E-state index in [1.807, 2.05) is 0 Å². The van der Waals surface area contributed by atoms with Gasteiger partial charge in [-0.2, -0.15) is 0 Å². The molecule has 1 aromatic carbocycles. The van der Waals surface area contributed by atoms with E-state index in [0.29, 0.717) is 0 Å². The van der Waals surface area contributed by atoms with Crippen molar-refractivity contribution in [3.8, 4) is 0 Å². The quantitative estimate of drug-likeness (QED) is 0.243. The molecular weight excluding hydrogens is 583 g/mol. The van der Waals surface area contributed by atoms with E-state index in [2.05, 4.69) is 10.0 Å². The molecule has 0 atom stereocenters. The van der Waals surface area contributed by atoms with Crippen LogP contribution in [0, 0.1) is 10.7 Å². The lowest BCUT2D eigenvalue weighted by atomic mass is 10.1. The Morgan fingerprint density at radius 3 is 1.67 bits per heavy atom. The Balaban J connectivity index is 3.93. The number of hydrogen-bond acceptors (Lipinski definition) is 3. The molecule has 0 fully saturated rings. The second-order valence-corrected chi connectivity index (χ2v) is 6.08. The van der Waals surface area contributed by atoms with E-state index in [4.69, 9.17) is 15.7 Å². The van der Waals surface area contributed by atoms with Gasteiger partial charge in [0.05, 0.1) is 16.8 Å². The van der Waals surface area contributed by atoms with Crippen LogP contribution in [0.25, 0.3) is 10.4 Å². The molecule has 0 radical (unpaired) electrons. The zero-order chi connectivity index (χ0) is 14.0. The zero-order valence-electron chi connectivity index (χ0n) is 8.19. The molecule has 0 saturated carbocycles. The number of benzene rings is 1. The maximum Gasteiger partial charge on any atom is 0.337 e. The monoisotopic (exact) mass is 585 g/mol. The summed E-state index contributed by atoms with van der Waals surface area (Å²) in [6.45, 7) is 0. The molecule has 0 spiro atoms. The minimum absolute atomic E-state index is 0.0221. The molecule has 1 aromatic rings. The Morgan fingerprint density at radius 2 is 1.39 bits per heavy atom. The predicted molar refractivity (Wildman–Crippen MR) is 87.3 cm³/mol. The van der Waals surface area contributed by atoms with Crippen LogP contribution in [0.15, 0.2) is 5.11 Å². The van der Waals surface area contributed by atoms with Gasteiger partial charge in [0.2, 0.25) is 0 Å². The highest BCUT2D eigenvalue weighted by Crippen LogP contribution is 2.37. The van der Waals surface area contributed by atoms with Crippen molar-refractivity contribution in [2.45, 2.75) is 0 Å². The fourth-order valence-corrected chi connectivity index (χ4v) is 5.46. The molecular formula is C8H2I3N3O4. The first-order valence-corrected chi connectivity index (χ1v) is 7.28. The summed E-state index contributed by atoms with van der Waals surface area (Å²) in [6, 6.07) is 0. The van der Waals surface area contributed by atoms with Gasteiger partial charge in [-0.15, -0.1) is 0 Å². The summed E-state index contributed by atoms with van der Waals surface area (Å²) >= 11 is 5.11. The standard InChI is InChI=1S/C8H2I3N3O4/c9-3-1(7(15)16)4(10)6(13-14-12)5(11)2(3)8(17)18/h(H,15,16)(H,17,18). The van der Waals surface area contributed by atoms with Crippen molar-refractivity contribution in [3.63, 3.8) is 0 Å². The van der Waals surface area contributed by atoms with Crippen LogP contribution in [0.2, 0.25) is 0 Å². The number of carboxylic acids is 2. The fourth-order valence-electron chi connectivity index (χ4n) is 1.16. The van der Waals surface area contributed by atoms with Gasteiger partial charge in [-0.25, -0.2) is 9.59 Å². The number of azide groups is 1. The van der Waals surface area contributed by atoms with Gasteiger partial charge >= 0.3 is 11.9 Å². The third-order valence-corrected chi connectivity index (χ3v) is 5.05. The van der Waals surface area contributed by atoms with Crippen molar-refractivity contribution in [2.75, 3.05) is 0 Å². The molecule has 10 heteroatoms. The summed E-state index contributed by atoms with van der Waals surface area (Å²) < 4.78 is 0.548. The fraction of sp³-hybridized carbons (Fsp3) is 0. The number of nitrogens with zero attached hydrogens (tertiary/aromatic N) is 3. The average molecular weight is 585 g/mol. The van der Waals surface area contributed by atoms with Crippen LogP contribution < -0.4 is 0 Å². The Kier molecular flexibility index (Phi) is 5.42. The summed E-state index contributed by atoms with van der Waals surface area (Å²) in [6.07, 6.45) is 0. The van der Waals surface area contributed by atoms with E-state index < -0.39 is 11.9 Å². The van der Waals surface area contributed by atoms with Gasteiger partial charge in [-0.05, 0) is 73.3 Å². The molecule has 0 bridgehead atoms. The molecule has 0 heterocycles. The lowest BCUT2D eigenvalue weighted by Gasteiger charge is -2.12. The van der Waals surface area contributed by atoms with Crippen LogP contribution in [0.5, 0.6) is 0 Å². The molecule has 0 aliphatic rings. The highest BCUT2D eigenvalue weighted by Gasteiger charge is 2.26. The van der Waals surface area contributed by atoms with Crippen LogP contribution >= 0.6 is 67.8 Å². The third-order valence-electron chi connectivity index (χ3n) is 1.87. The van der Waals surface area contributed by atoms with E-state index >= 15 is 0 Å². The van der Waals surface area contributed by atoms with Crippen molar-refractivity contribution in [3.05, 3.63) is 32.3 Å². The summed E-state index contributed by atoms with van der Waals surface area (Å²) in [5.74, 6) is -2.53. The Morgan fingerprint density at radius 1 is 1.00 bits per heavy atom. The van der Waals surface area contributed by atoms with Crippen molar-refractivity contribution < 1.29 is 19.8 Å². The molecule has 18 heavy (non-hydrogen) atoms. The Labute approximate surface area is 141 Å². The molecule has 1 rings (SSSR count). The second-order valence-electron chi connectivity index (χ2n) is 2.84. The molecule has 94 valence electrons. The van der Waals surface area contributed by atoms with Crippen LogP contribution in [0.1, 0.15) is 20.7 Å². The minimum Gasteiger partial charge on any atom is -0.478 e. The van der Waals surface area contributed by atoms with Gasteiger partial charge in [-0.3, -0.25) is 0 Å². The molecule has 0 aromatic heterocycles. The molecule has 0 unspecified atom stereocenters. The first-order valence-electron chi connectivity index (χ1n) is 4.05. The average Bonchev–Trinajstić information content (AvgIpc) is 2.23. The van der Waals surface area contributed by atoms with Gasteiger partial charge in [0.25, 0.3) is 0 Å². The first kappa shape index (κ1) is 15.7. The van der Waals surface area contributed by atoms with Crippen LogP contribution in [-0.2, 0) is 0 Å². The highest BCUT2D eigenvalue weighted by atomic mass is 127. The van der Waals surface area contributed by atoms with E-state index in [1.54, 1.807) is 67.8 Å². The lowest BCUT2D eigenvalue weighted by molar-refractivity contribution is 0.0694. The normalized spacial score (nSPS) is 9.72. The van der Waals surface area contributed by atoms with Gasteiger partial charge in [0, 0.05) is 15.6 Å². The molecule has 2 N–H and O–H groups in total. The van der Waals surface area contributed by atoms with Crippen LogP contribution in [0.4, 0.5) is 5.69 Å². The summed E-state index contributed by atoms with van der Waals surface area (Å²) in [5, 5.41) is 21.6. The Hall–Kier alpha value is -0.340. The maximum atomic E-state index is 11.1. The number of halogens is 3. The largest absolute Gasteiger partial charge is 0.478 e. The summed E-state index contributed by atoms with van der Waals surface area (Å²) in [4.78, 5) is 24.9. The number of hydrogen-bond donors (Lipinski definition) is 2. The van der Waals surface area contributed by atoms with Gasteiger partial charge in [0.1, 0.15) is 0 Å². The van der Waals surface area contributed by atoms with Gasteiger partial charge in [0.15, 0.2) is 0 Å². The minimum atomic E-state index is -1.27. The summed E-state index contributed by atoms with van der Waals surface area (Å²) in [5.41, 5.74) is 8.13. The predicted octanol–water partition coefficient (Wildman–Crippen LogP) is 3.84. The van der Waals surface area contributed by atoms with Gasteiger partial charge < -0.3 is 10.2 Å². The number of carboxylic acid groups (broad SMARTS) is 2. The molecule has 7 nitrogen and oxygen atoms in total. The van der Waals surface area contributed by atoms with Crippen molar-refractivity contribution >= 4 is 85.4 Å². The topological polar surface area (TPSA) is 123 Å². The summed E-state index contributed by atoms with van der Waals surface area (Å²) in [7, 11) is 0. The van der Waals surface area contributed by atoms with Crippen molar-refractivity contribution in [1.29, 1.82) is 0 Å². The van der Waals surface area contributed by atoms with Crippen LogP contribution in [-0.4, -0.2) is 22.2 Å². The highest BCUT2D eigenvalue weighted by molar-refractivity contribution is 14.1. The maximum absolute atomic E-state index is 11.1. The molecule has 0 amide bonds. The number of aromatic carboxylic acids is 2. The van der Waals surface area contributed by atoms with Crippen molar-refractivity contribution in [2.24, 2.45) is 5.11 Å². The second kappa shape index (κ2) is 6.21. The Bertz CT molecular complexity index is 525. The number of rotatable bonds is 3. The third kappa shape index (κ3) is 2.80. The van der Waals surface area contributed by atoms with Crippen LogP contribution in [0.3, 0.4) is 0 Å². The first-order chi connectivity index (χ1) is 8.32. The van der Waals surface area contributed by atoms with Crippen molar-refractivity contribution in [1.82, 2.24) is 0 Å². The van der Waals surface area contributed by atoms with E-state index in [-0.39, 0.29) is 27.5 Å². The zero-order valence-corrected chi connectivity index (χ0v) is 14.7. The molecule has 0 saturated heterocycles. The SMILES string of the molecule is [N-]=[N+]=Nc1c(I)c(C(=O)O)c(I)c(C(=O)O)c1I. The van der Waals surface area contributed by atoms with E-state index in [0.717, 1.165) is 0 Å². The van der Waals surface area contributed by atoms with E-state index in [9.17, 15) is 9.59 Å². The lowest BCUT2D eigenvalue weighted by Crippen LogP contribution is -2.12. The number of carbonyl (C=O) groups is 2. The molecule has 0 aliphatic carbocycles.